The Morgan fingerprint density at radius 3 is 2.59 bits per heavy atom. The topological polar surface area (TPSA) is 87.9 Å². The molecule has 1 aromatic heterocycles. The fourth-order valence-corrected chi connectivity index (χ4v) is 4.46. The predicted molar refractivity (Wildman–Crippen MR) is 130 cm³/mol. The predicted octanol–water partition coefficient (Wildman–Crippen LogP) is 4.81. The number of carbonyl (C=O) groups excluding carboxylic acids is 2. The number of ether oxygens (including phenoxy) is 1. The number of nitrogen functional groups attached to an aromatic ring is 1. The van der Waals surface area contributed by atoms with Crippen molar-refractivity contribution in [3.05, 3.63) is 46.2 Å². The first-order valence-corrected chi connectivity index (χ1v) is 12.0. The van der Waals surface area contributed by atoms with Gasteiger partial charge in [0.2, 0.25) is 0 Å². The zero-order chi connectivity index (χ0) is 23.1. The van der Waals surface area contributed by atoms with Crippen LogP contribution in [-0.4, -0.2) is 53.6 Å². The van der Waals surface area contributed by atoms with Gasteiger partial charge < -0.3 is 25.6 Å². The molecule has 0 saturated carbocycles. The summed E-state index contributed by atoms with van der Waals surface area (Å²) in [6, 6.07) is 9.44. The van der Waals surface area contributed by atoms with Gasteiger partial charge in [0, 0.05) is 36.4 Å². The molecule has 1 fully saturated rings. The molecule has 1 aliphatic rings. The SMILES string of the molecule is CC(C)(C)OC(=O)N(CCNc1ccccc1N)Cc1cc(C(=O)N2CCCCC2)cs1. The number of anilines is 2. The van der Waals surface area contributed by atoms with Gasteiger partial charge in [0.25, 0.3) is 5.91 Å². The molecule has 7 nitrogen and oxygen atoms in total. The summed E-state index contributed by atoms with van der Waals surface area (Å²) in [5, 5.41) is 5.17. The molecule has 2 amide bonds. The van der Waals surface area contributed by atoms with Crippen LogP contribution in [0.4, 0.5) is 16.2 Å². The molecule has 3 rings (SSSR count). The third-order valence-corrected chi connectivity index (χ3v) is 6.12. The van der Waals surface area contributed by atoms with E-state index in [4.69, 9.17) is 10.5 Å². The minimum Gasteiger partial charge on any atom is -0.444 e. The fourth-order valence-electron chi connectivity index (χ4n) is 3.59. The average molecular weight is 459 g/mol. The first kappa shape index (κ1) is 23.9. The molecule has 8 heteroatoms. The van der Waals surface area contributed by atoms with Crippen LogP contribution in [0.5, 0.6) is 0 Å². The zero-order valence-corrected chi connectivity index (χ0v) is 20.0. The first-order chi connectivity index (χ1) is 15.2. The van der Waals surface area contributed by atoms with Gasteiger partial charge in [-0.1, -0.05) is 12.1 Å². The second-order valence-corrected chi connectivity index (χ2v) is 10.1. The van der Waals surface area contributed by atoms with Crippen molar-refractivity contribution < 1.29 is 14.3 Å². The average Bonchev–Trinajstić information content (AvgIpc) is 3.22. The van der Waals surface area contributed by atoms with Crippen LogP contribution < -0.4 is 11.1 Å². The Morgan fingerprint density at radius 2 is 1.91 bits per heavy atom. The van der Waals surface area contributed by atoms with E-state index in [1.807, 2.05) is 61.4 Å². The maximum absolute atomic E-state index is 12.8. The normalized spacial score (nSPS) is 14.2. The molecule has 0 aliphatic carbocycles. The van der Waals surface area contributed by atoms with Crippen LogP contribution >= 0.6 is 11.3 Å². The molecule has 0 bridgehead atoms. The maximum Gasteiger partial charge on any atom is 0.410 e. The molecule has 2 heterocycles. The van der Waals surface area contributed by atoms with E-state index in [1.54, 1.807) is 4.90 Å². The lowest BCUT2D eigenvalue weighted by Crippen LogP contribution is -2.38. The summed E-state index contributed by atoms with van der Waals surface area (Å²) >= 11 is 1.50. The second-order valence-electron chi connectivity index (χ2n) is 9.07. The van der Waals surface area contributed by atoms with Gasteiger partial charge in [-0.15, -0.1) is 11.3 Å². The van der Waals surface area contributed by atoms with Crippen molar-refractivity contribution >= 4 is 34.7 Å². The number of hydrogen-bond acceptors (Lipinski definition) is 6. The van der Waals surface area contributed by atoms with Gasteiger partial charge in [-0.3, -0.25) is 4.79 Å². The van der Waals surface area contributed by atoms with E-state index in [2.05, 4.69) is 5.32 Å². The van der Waals surface area contributed by atoms with E-state index in [0.29, 0.717) is 30.9 Å². The third-order valence-electron chi connectivity index (χ3n) is 5.20. The Labute approximate surface area is 194 Å². The Hall–Kier alpha value is -2.74. The van der Waals surface area contributed by atoms with Crippen LogP contribution in [0.1, 0.15) is 55.3 Å². The van der Waals surface area contributed by atoms with E-state index in [0.717, 1.165) is 36.5 Å². The second kappa shape index (κ2) is 10.7. The summed E-state index contributed by atoms with van der Waals surface area (Å²) in [6.07, 6.45) is 2.94. The van der Waals surface area contributed by atoms with Crippen LogP contribution in [0.25, 0.3) is 0 Å². The summed E-state index contributed by atoms with van der Waals surface area (Å²) in [4.78, 5) is 30.2. The first-order valence-electron chi connectivity index (χ1n) is 11.2. The van der Waals surface area contributed by atoms with Crippen LogP contribution in [-0.2, 0) is 11.3 Å². The van der Waals surface area contributed by atoms with Crippen LogP contribution in [0, 0.1) is 0 Å². The van der Waals surface area contributed by atoms with Crippen molar-refractivity contribution in [3.63, 3.8) is 0 Å². The summed E-state index contributed by atoms with van der Waals surface area (Å²) in [5.74, 6) is 0.0808. The van der Waals surface area contributed by atoms with Gasteiger partial charge in [0.1, 0.15) is 5.60 Å². The minimum atomic E-state index is -0.586. The standard InChI is InChI=1S/C24H34N4O3S/c1-24(2,3)31-23(30)28(14-11-26-21-10-6-5-9-20(21)25)16-19-15-18(17-32-19)22(29)27-12-7-4-8-13-27/h5-6,9-10,15,17,26H,4,7-8,11-14,16,25H2,1-3H3. The van der Waals surface area contributed by atoms with Gasteiger partial charge in [0.15, 0.2) is 0 Å². The molecule has 3 N–H and O–H groups in total. The van der Waals surface area contributed by atoms with E-state index >= 15 is 0 Å². The molecule has 1 aliphatic heterocycles. The smallest absolute Gasteiger partial charge is 0.410 e. The molecule has 0 radical (unpaired) electrons. The highest BCUT2D eigenvalue weighted by Crippen LogP contribution is 2.22. The molecule has 2 aromatic rings. The Morgan fingerprint density at radius 1 is 1.19 bits per heavy atom. The van der Waals surface area contributed by atoms with Crippen LogP contribution in [0.15, 0.2) is 35.7 Å². The van der Waals surface area contributed by atoms with Gasteiger partial charge in [0.05, 0.1) is 23.5 Å². The van der Waals surface area contributed by atoms with Gasteiger partial charge in [-0.25, -0.2) is 4.79 Å². The lowest BCUT2D eigenvalue weighted by atomic mass is 10.1. The lowest BCUT2D eigenvalue weighted by molar-refractivity contribution is 0.0243. The molecule has 0 unspecified atom stereocenters. The fraction of sp³-hybridized carbons (Fsp3) is 0.500. The van der Waals surface area contributed by atoms with Gasteiger partial charge in [-0.2, -0.15) is 0 Å². The highest BCUT2D eigenvalue weighted by Gasteiger charge is 2.24. The van der Waals surface area contributed by atoms with Crippen LogP contribution in [0.2, 0.25) is 0 Å². The number of nitrogens with zero attached hydrogens (tertiary/aromatic N) is 2. The summed E-state index contributed by atoms with van der Waals surface area (Å²) in [6.45, 7) is 8.56. The molecule has 32 heavy (non-hydrogen) atoms. The lowest BCUT2D eigenvalue weighted by Gasteiger charge is -2.27. The Bertz CT molecular complexity index is 916. The van der Waals surface area contributed by atoms with Crippen molar-refractivity contribution in [1.82, 2.24) is 9.80 Å². The quantitative estimate of drug-likeness (QED) is 0.582. The number of piperidine rings is 1. The Kier molecular flexibility index (Phi) is 8.01. The van der Waals surface area contributed by atoms with E-state index < -0.39 is 5.60 Å². The highest BCUT2D eigenvalue weighted by atomic mass is 32.1. The van der Waals surface area contributed by atoms with Gasteiger partial charge >= 0.3 is 6.09 Å². The number of carbonyl (C=O) groups is 2. The molecule has 1 aromatic carbocycles. The Balaban J connectivity index is 1.65. The largest absolute Gasteiger partial charge is 0.444 e. The highest BCUT2D eigenvalue weighted by molar-refractivity contribution is 7.10. The maximum atomic E-state index is 12.8. The van der Waals surface area contributed by atoms with Crippen molar-refractivity contribution in [3.8, 4) is 0 Å². The monoisotopic (exact) mass is 458 g/mol. The summed E-state index contributed by atoms with van der Waals surface area (Å²) < 4.78 is 5.61. The van der Waals surface area contributed by atoms with Crippen molar-refractivity contribution in [2.45, 2.75) is 52.2 Å². The molecule has 1 saturated heterocycles. The van der Waals surface area contributed by atoms with Crippen molar-refractivity contribution in [1.29, 1.82) is 0 Å². The molecule has 0 atom stereocenters. The number of hydrogen-bond donors (Lipinski definition) is 2. The number of amides is 2. The number of para-hydroxylation sites is 2. The molecular formula is C24H34N4O3S. The number of benzene rings is 1. The molecule has 174 valence electrons. The molecular weight excluding hydrogens is 424 g/mol. The third kappa shape index (κ3) is 6.88. The number of thiophene rings is 1. The minimum absolute atomic E-state index is 0.0808. The van der Waals surface area contributed by atoms with E-state index in [-0.39, 0.29) is 12.0 Å². The summed E-state index contributed by atoms with van der Waals surface area (Å²) in [7, 11) is 0. The number of nitrogens with one attached hydrogen (secondary N) is 1. The molecule has 0 spiro atoms. The van der Waals surface area contributed by atoms with Gasteiger partial charge in [-0.05, 0) is 58.2 Å². The van der Waals surface area contributed by atoms with Crippen molar-refractivity contribution in [2.24, 2.45) is 0 Å². The zero-order valence-electron chi connectivity index (χ0n) is 19.2. The number of rotatable bonds is 7. The number of nitrogens with two attached hydrogens (primary N) is 1. The summed E-state index contributed by atoms with van der Waals surface area (Å²) in [5.41, 5.74) is 7.61. The van der Waals surface area contributed by atoms with E-state index in [1.165, 1.54) is 17.8 Å². The van der Waals surface area contributed by atoms with Crippen LogP contribution in [0.3, 0.4) is 0 Å². The van der Waals surface area contributed by atoms with E-state index in [9.17, 15) is 9.59 Å². The number of likely N-dealkylation sites (tertiary alicyclic amines) is 1. The van der Waals surface area contributed by atoms with Crippen molar-refractivity contribution in [2.75, 3.05) is 37.2 Å².